The molecule has 0 bridgehead atoms. The van der Waals surface area contributed by atoms with Crippen molar-refractivity contribution in [2.45, 2.75) is 4.90 Å². The summed E-state index contributed by atoms with van der Waals surface area (Å²) in [5, 5.41) is 16.3. The molecule has 0 saturated heterocycles. The predicted octanol–water partition coefficient (Wildman–Crippen LogP) is -0.302. The summed E-state index contributed by atoms with van der Waals surface area (Å²) in [6, 6.07) is 7.13. The van der Waals surface area contributed by atoms with Crippen molar-refractivity contribution in [1.82, 2.24) is 0 Å². The number of rotatable bonds is 4. The molecule has 0 aromatic heterocycles. The van der Waals surface area contributed by atoms with Gasteiger partial charge >= 0.3 is 0 Å². The van der Waals surface area contributed by atoms with Crippen molar-refractivity contribution in [3.63, 3.8) is 0 Å². The Hall–Kier alpha value is -2.02. The van der Waals surface area contributed by atoms with Crippen LogP contribution < -0.4 is 16.2 Å². The van der Waals surface area contributed by atoms with Gasteiger partial charge < -0.3 is 11.1 Å². The van der Waals surface area contributed by atoms with Crippen LogP contribution in [-0.4, -0.2) is 19.3 Å². The lowest BCUT2D eigenvalue weighted by molar-refractivity contribution is -0.118. The number of primary amides is 1. The van der Waals surface area contributed by atoms with Gasteiger partial charge in [0.2, 0.25) is 15.9 Å². The van der Waals surface area contributed by atoms with Gasteiger partial charge in [-0.15, -0.1) is 0 Å². The molecule has 0 spiro atoms. The van der Waals surface area contributed by atoms with Crippen molar-refractivity contribution in [3.05, 3.63) is 24.3 Å². The molecule has 0 aliphatic carbocycles. The monoisotopic (exact) mass is 298 g/mol. The highest BCUT2D eigenvalue weighted by atomic mass is 32.2. The first-order chi connectivity index (χ1) is 8.75. The highest BCUT2D eigenvalue weighted by Gasteiger charge is 2.20. The lowest BCUT2D eigenvalue weighted by Crippen LogP contribution is -2.32. The molecule has 1 rings (SSSR count). The minimum absolute atomic E-state index is 0.110. The number of nitriles is 1. The van der Waals surface area contributed by atoms with Gasteiger partial charge in [0.05, 0.1) is 11.0 Å². The van der Waals surface area contributed by atoms with E-state index in [2.05, 4.69) is 5.32 Å². The molecule has 1 aromatic carbocycles. The topological polar surface area (TPSA) is 139 Å². The van der Waals surface area contributed by atoms with E-state index in [-0.39, 0.29) is 15.6 Å². The van der Waals surface area contributed by atoms with Gasteiger partial charge in [-0.1, -0.05) is 18.3 Å². The molecule has 100 valence electrons. The first-order valence-corrected chi connectivity index (χ1v) is 6.84. The van der Waals surface area contributed by atoms with Crippen LogP contribution in [0.5, 0.6) is 0 Å². The van der Waals surface area contributed by atoms with Crippen LogP contribution in [0.4, 0.5) is 5.69 Å². The van der Waals surface area contributed by atoms with Gasteiger partial charge in [0.25, 0.3) is 0 Å². The van der Waals surface area contributed by atoms with Crippen LogP contribution in [0.2, 0.25) is 0 Å². The van der Waals surface area contributed by atoms with Gasteiger partial charge in [0, 0.05) is 5.69 Å². The van der Waals surface area contributed by atoms with Crippen LogP contribution in [0.15, 0.2) is 29.2 Å². The summed E-state index contributed by atoms with van der Waals surface area (Å²) in [7, 11) is -3.84. The van der Waals surface area contributed by atoms with E-state index in [0.29, 0.717) is 0 Å². The number of thiocarbonyl (C=S) groups is 1. The number of anilines is 1. The Bertz CT molecular complexity index is 664. The zero-order valence-corrected chi connectivity index (χ0v) is 11.2. The summed E-state index contributed by atoms with van der Waals surface area (Å²) in [6.07, 6.45) is 0. The van der Waals surface area contributed by atoms with E-state index in [1.165, 1.54) is 24.3 Å². The Kier molecular flexibility index (Phi) is 4.55. The van der Waals surface area contributed by atoms with Crippen LogP contribution >= 0.6 is 12.2 Å². The maximum absolute atomic E-state index is 11.2. The molecule has 1 unspecified atom stereocenters. The lowest BCUT2D eigenvalue weighted by atomic mass is 10.1. The molecule has 7 nitrogen and oxygen atoms in total. The van der Waals surface area contributed by atoms with Crippen molar-refractivity contribution < 1.29 is 13.2 Å². The number of benzene rings is 1. The second-order valence-corrected chi connectivity index (χ2v) is 5.53. The molecule has 5 N–H and O–H groups in total. The fourth-order valence-corrected chi connectivity index (χ4v) is 2.06. The molecule has 0 aliphatic rings. The summed E-state index contributed by atoms with van der Waals surface area (Å²) < 4.78 is 22.3. The van der Waals surface area contributed by atoms with Crippen LogP contribution in [-0.2, 0) is 14.8 Å². The molecule has 0 aliphatic heterocycles. The molecule has 1 aromatic rings. The minimum Gasteiger partial charge on any atom is -0.368 e. The summed E-state index contributed by atoms with van der Waals surface area (Å²) in [5.74, 6) is -2.17. The number of carbonyl (C=O) groups is 1. The van der Waals surface area contributed by atoms with E-state index in [9.17, 15) is 13.2 Å². The number of carbonyl (C=O) groups excluding carboxylic acids is 1. The molecule has 0 saturated carbocycles. The Labute approximate surface area is 115 Å². The van der Waals surface area contributed by atoms with Crippen molar-refractivity contribution in [2.75, 3.05) is 5.32 Å². The standard InChI is InChI=1S/C10H10N4O3S2/c11-5-8(9(12)15)10(18)14-6-2-1-3-7(4-6)19(13,16)17/h1-4,8H,(H2,12,15)(H,14,18)(H2,13,16,17). The summed E-state index contributed by atoms with van der Waals surface area (Å²) in [5.41, 5.74) is 5.29. The lowest BCUT2D eigenvalue weighted by Gasteiger charge is -2.11. The maximum atomic E-state index is 11.2. The van der Waals surface area contributed by atoms with E-state index in [4.69, 9.17) is 28.4 Å². The normalized spacial score (nSPS) is 12.2. The number of hydrogen-bond donors (Lipinski definition) is 3. The molecular weight excluding hydrogens is 288 g/mol. The van der Waals surface area contributed by atoms with E-state index < -0.39 is 21.8 Å². The van der Waals surface area contributed by atoms with Crippen LogP contribution in [0.1, 0.15) is 0 Å². The zero-order valence-electron chi connectivity index (χ0n) is 9.53. The number of sulfonamides is 1. The van der Waals surface area contributed by atoms with E-state index in [1.54, 1.807) is 6.07 Å². The highest BCUT2D eigenvalue weighted by molar-refractivity contribution is 7.89. The molecule has 1 amide bonds. The van der Waals surface area contributed by atoms with Crippen LogP contribution in [0.3, 0.4) is 0 Å². The van der Waals surface area contributed by atoms with Crippen LogP contribution in [0, 0.1) is 17.2 Å². The quantitative estimate of drug-likeness (QED) is 0.652. The van der Waals surface area contributed by atoms with Gasteiger partial charge in [-0.25, -0.2) is 13.6 Å². The summed E-state index contributed by atoms with van der Waals surface area (Å²) in [6.45, 7) is 0. The molecule has 0 heterocycles. The summed E-state index contributed by atoms with van der Waals surface area (Å²) >= 11 is 4.85. The van der Waals surface area contributed by atoms with E-state index in [0.717, 1.165) is 0 Å². The Morgan fingerprint density at radius 1 is 1.47 bits per heavy atom. The fraction of sp³-hybridized carbons (Fsp3) is 0.100. The number of nitrogens with one attached hydrogen (secondary N) is 1. The Balaban J connectivity index is 2.99. The second-order valence-electron chi connectivity index (χ2n) is 3.53. The minimum atomic E-state index is -3.84. The maximum Gasteiger partial charge on any atom is 0.241 e. The van der Waals surface area contributed by atoms with E-state index in [1.807, 2.05) is 0 Å². The molecule has 0 fully saturated rings. The number of primary sulfonamides is 1. The van der Waals surface area contributed by atoms with Gasteiger partial charge in [-0.3, -0.25) is 4.79 Å². The number of amides is 1. The van der Waals surface area contributed by atoms with Gasteiger partial charge in [-0.05, 0) is 18.2 Å². The average molecular weight is 298 g/mol. The highest BCUT2D eigenvalue weighted by Crippen LogP contribution is 2.15. The SMILES string of the molecule is N#CC(C(N)=O)C(=S)Nc1cccc(S(N)(=O)=O)c1. The van der Waals surface area contributed by atoms with Crippen molar-refractivity contribution in [3.8, 4) is 6.07 Å². The first-order valence-electron chi connectivity index (χ1n) is 4.88. The molecule has 1 atom stereocenters. The third-order valence-corrected chi connectivity index (χ3v) is 3.35. The second kappa shape index (κ2) is 5.75. The third kappa shape index (κ3) is 3.99. The van der Waals surface area contributed by atoms with Crippen molar-refractivity contribution >= 4 is 38.8 Å². The van der Waals surface area contributed by atoms with Gasteiger partial charge in [0.15, 0.2) is 5.92 Å². The third-order valence-electron chi connectivity index (χ3n) is 2.11. The largest absolute Gasteiger partial charge is 0.368 e. The molecule has 0 radical (unpaired) electrons. The van der Waals surface area contributed by atoms with Crippen molar-refractivity contribution in [1.29, 1.82) is 5.26 Å². The predicted molar refractivity (Wildman–Crippen MR) is 72.3 cm³/mol. The van der Waals surface area contributed by atoms with Gasteiger partial charge in [0.1, 0.15) is 4.99 Å². The van der Waals surface area contributed by atoms with E-state index >= 15 is 0 Å². The number of nitrogens with two attached hydrogens (primary N) is 2. The molecule has 9 heteroatoms. The average Bonchev–Trinajstić information content (AvgIpc) is 2.28. The fourth-order valence-electron chi connectivity index (χ4n) is 1.22. The first kappa shape index (κ1) is 15.0. The van der Waals surface area contributed by atoms with Crippen LogP contribution in [0.25, 0.3) is 0 Å². The zero-order chi connectivity index (χ0) is 14.6. The number of nitrogens with zero attached hydrogens (tertiary/aromatic N) is 1. The number of hydrogen-bond acceptors (Lipinski definition) is 5. The Morgan fingerprint density at radius 3 is 2.58 bits per heavy atom. The smallest absolute Gasteiger partial charge is 0.241 e. The summed E-state index contributed by atoms with van der Waals surface area (Å²) in [4.78, 5) is 10.7. The van der Waals surface area contributed by atoms with Crippen molar-refractivity contribution in [2.24, 2.45) is 16.8 Å². The van der Waals surface area contributed by atoms with Gasteiger partial charge in [-0.2, -0.15) is 5.26 Å². The Morgan fingerprint density at radius 2 is 2.11 bits per heavy atom. The molecule has 19 heavy (non-hydrogen) atoms. The molecular formula is C10H10N4O3S2.